The molecule has 4 fully saturated rings. The first-order valence-electron chi connectivity index (χ1n) is 23.4. The first kappa shape index (κ1) is 43.3. The number of nitrogens with one attached hydrogen (secondary N) is 3. The van der Waals surface area contributed by atoms with E-state index in [4.69, 9.17) is 9.47 Å². The lowest BCUT2D eigenvalue weighted by atomic mass is 9.59. The highest BCUT2D eigenvalue weighted by Gasteiger charge is 2.50. The van der Waals surface area contributed by atoms with Crippen LogP contribution in [0.2, 0.25) is 0 Å². The van der Waals surface area contributed by atoms with Crippen LogP contribution < -0.4 is 24.4 Å². The summed E-state index contributed by atoms with van der Waals surface area (Å²) in [6.07, 6.45) is 13.6. The van der Waals surface area contributed by atoms with E-state index in [1.807, 2.05) is 19.1 Å². The van der Waals surface area contributed by atoms with Crippen molar-refractivity contribution in [2.45, 2.75) is 120 Å². The highest BCUT2D eigenvalue weighted by molar-refractivity contribution is 7.98. The fourth-order valence-corrected chi connectivity index (χ4v) is 12.1. The van der Waals surface area contributed by atoms with E-state index in [9.17, 15) is 20.1 Å². The zero-order valence-corrected chi connectivity index (χ0v) is 38.3. The lowest BCUT2D eigenvalue weighted by Crippen LogP contribution is -2.54. The van der Waals surface area contributed by atoms with Crippen molar-refractivity contribution in [3.05, 3.63) is 100 Å². The summed E-state index contributed by atoms with van der Waals surface area (Å²) in [5, 5.41) is 27.6. The second-order valence-electron chi connectivity index (χ2n) is 19.7. The maximum Gasteiger partial charge on any atom is 0.265 e. The molecule has 65 heavy (non-hydrogen) atoms. The number of ether oxygens (including phenoxy) is 2. The standard InChI is InChI=1S/C51H58N8O5S/c1-31(2)38-7-4-5-8-39(38)44-9-6-18-59(44)35-25-51(26-35)16-19-58(20-17-51)34-10-11-40(45(21-34)64-36-22-41-33(27-52)28-53-48(41)54-29-36)49(60)57-65-37-23-42(56-62)47-46(24-37)63-30-43(55-47)32-12-14-50(3,61)15-13-32/h4-5,7-8,10-11,21-24,28-29,31-32,35,43-44,55,61H,6,9,12-20,25-26,30H2,1-3H3,(H,53,54)(H,57,60)/t32-,43-,44-,50-/m1/s1. The molecule has 14 heteroatoms. The summed E-state index contributed by atoms with van der Waals surface area (Å²) in [5.41, 5.74) is 5.81. The van der Waals surface area contributed by atoms with E-state index in [-0.39, 0.29) is 17.6 Å². The van der Waals surface area contributed by atoms with E-state index in [1.54, 1.807) is 36.7 Å². The molecule has 3 aromatic carbocycles. The minimum absolute atomic E-state index is 0.00131. The maximum atomic E-state index is 14.1. The molecule has 0 bridgehead atoms. The molecule has 4 N–H and O–H groups in total. The van der Waals surface area contributed by atoms with Crippen LogP contribution in [0.4, 0.5) is 17.1 Å². The predicted molar refractivity (Wildman–Crippen MR) is 254 cm³/mol. The summed E-state index contributed by atoms with van der Waals surface area (Å²) in [6.45, 7) is 9.94. The number of hydrogen-bond donors (Lipinski definition) is 4. The quantitative estimate of drug-likeness (QED) is 0.0735. The van der Waals surface area contributed by atoms with Gasteiger partial charge in [-0.25, -0.2) is 4.98 Å². The number of benzene rings is 3. The Morgan fingerprint density at radius 3 is 2.63 bits per heavy atom. The van der Waals surface area contributed by atoms with Crippen LogP contribution in [0.3, 0.4) is 0 Å². The number of piperidine rings is 1. The number of fused-ring (bicyclic) bond motifs is 2. The monoisotopic (exact) mass is 894 g/mol. The molecule has 0 radical (unpaired) electrons. The first-order chi connectivity index (χ1) is 31.5. The largest absolute Gasteiger partial charge is 0.489 e. The fourth-order valence-electron chi connectivity index (χ4n) is 11.4. The number of nitroso groups, excluding NO2 is 1. The third-order valence-corrected chi connectivity index (χ3v) is 15.9. The summed E-state index contributed by atoms with van der Waals surface area (Å²) < 4.78 is 15.7. The number of nitriles is 1. The molecule has 5 aliphatic rings. The van der Waals surface area contributed by atoms with Crippen molar-refractivity contribution < 1.29 is 19.4 Å². The Balaban J connectivity index is 0.833. The van der Waals surface area contributed by atoms with Crippen LogP contribution in [-0.2, 0) is 0 Å². The lowest BCUT2D eigenvalue weighted by Gasteiger charge is -2.56. The van der Waals surface area contributed by atoms with E-state index in [0.717, 1.165) is 69.2 Å². The van der Waals surface area contributed by atoms with Gasteiger partial charge in [-0.05, 0) is 154 Å². The summed E-state index contributed by atoms with van der Waals surface area (Å²) >= 11 is 1.07. The van der Waals surface area contributed by atoms with Gasteiger partial charge in [0.25, 0.3) is 5.91 Å². The minimum Gasteiger partial charge on any atom is -0.489 e. The van der Waals surface area contributed by atoms with Gasteiger partial charge in [-0.15, -0.1) is 4.91 Å². The molecule has 5 heterocycles. The van der Waals surface area contributed by atoms with Crippen molar-refractivity contribution in [3.8, 4) is 23.3 Å². The highest BCUT2D eigenvalue weighted by Crippen LogP contribution is 2.54. The number of pyridine rings is 1. The Kier molecular flexibility index (Phi) is 11.7. The number of hydrogen-bond acceptors (Lipinski definition) is 12. The van der Waals surface area contributed by atoms with Crippen molar-refractivity contribution in [1.29, 1.82) is 5.26 Å². The topological polar surface area (TPSA) is 168 Å². The highest BCUT2D eigenvalue weighted by atomic mass is 32.2. The second kappa shape index (κ2) is 17.6. The van der Waals surface area contributed by atoms with Crippen LogP contribution in [0.1, 0.15) is 124 Å². The van der Waals surface area contributed by atoms with Crippen LogP contribution in [0.5, 0.6) is 17.2 Å². The molecule has 0 unspecified atom stereocenters. The average Bonchev–Trinajstić information content (AvgIpc) is 3.97. The Bertz CT molecular complexity index is 2630. The van der Waals surface area contributed by atoms with Crippen molar-refractivity contribution >= 4 is 46.0 Å². The molecule has 2 aromatic heterocycles. The van der Waals surface area contributed by atoms with Gasteiger partial charge < -0.3 is 29.8 Å². The Labute approximate surface area is 384 Å². The van der Waals surface area contributed by atoms with E-state index in [1.165, 1.54) is 43.4 Å². The van der Waals surface area contributed by atoms with E-state index in [0.29, 0.717) is 85.9 Å². The van der Waals surface area contributed by atoms with Gasteiger partial charge in [-0.1, -0.05) is 38.1 Å². The van der Waals surface area contributed by atoms with Crippen LogP contribution >= 0.6 is 11.9 Å². The number of aromatic nitrogens is 2. The molecular weight excluding hydrogens is 837 g/mol. The molecule has 2 saturated heterocycles. The molecule has 338 valence electrons. The number of nitrogens with zero attached hydrogens (tertiary/aromatic N) is 5. The summed E-state index contributed by atoms with van der Waals surface area (Å²) in [6, 6.07) is 23.4. The number of amides is 1. The van der Waals surface area contributed by atoms with Crippen molar-refractivity contribution in [3.63, 3.8) is 0 Å². The molecule has 1 spiro atoms. The zero-order valence-electron chi connectivity index (χ0n) is 37.4. The number of likely N-dealkylation sites (tertiary alicyclic amines) is 1. The van der Waals surface area contributed by atoms with E-state index >= 15 is 0 Å². The Morgan fingerprint density at radius 1 is 1.06 bits per heavy atom. The van der Waals surface area contributed by atoms with Crippen molar-refractivity contribution in [1.82, 2.24) is 19.6 Å². The van der Waals surface area contributed by atoms with Gasteiger partial charge in [0.15, 0.2) is 0 Å². The van der Waals surface area contributed by atoms with Gasteiger partial charge in [0.05, 0.1) is 29.0 Å². The normalized spacial score (nSPS) is 24.2. The van der Waals surface area contributed by atoms with Crippen molar-refractivity contribution in [2.75, 3.05) is 36.5 Å². The number of H-pyrrole nitrogens is 1. The Morgan fingerprint density at radius 2 is 1.86 bits per heavy atom. The summed E-state index contributed by atoms with van der Waals surface area (Å²) in [7, 11) is 0. The SMILES string of the molecule is CC(C)c1ccccc1[C@H]1CCCN1C1CC2(CCN(c3ccc(C(=O)NSc4cc(N=O)c5c(c4)OC[C@H]([C@H]4CC[C@](C)(O)CC4)N5)c(Oc4cnc5[nH]cc(C#N)c5c4)c3)CC2)C1. The molecule has 2 saturated carbocycles. The summed E-state index contributed by atoms with van der Waals surface area (Å²) in [4.78, 5) is 39.6. The number of carbonyl (C=O) groups is 1. The third kappa shape index (κ3) is 8.66. The van der Waals surface area contributed by atoms with E-state index in [2.05, 4.69) is 79.2 Å². The fraction of sp³-hybridized carbons (Fsp3) is 0.471. The van der Waals surface area contributed by atoms with Gasteiger partial charge in [-0.3, -0.25) is 14.4 Å². The van der Waals surface area contributed by atoms with Crippen LogP contribution in [0.25, 0.3) is 11.0 Å². The van der Waals surface area contributed by atoms with E-state index < -0.39 is 5.60 Å². The average molecular weight is 895 g/mol. The molecular formula is C51H58N8O5S. The third-order valence-electron chi connectivity index (χ3n) is 15.2. The summed E-state index contributed by atoms with van der Waals surface area (Å²) in [5.74, 6) is 1.71. The van der Waals surface area contributed by atoms with Crippen molar-refractivity contribution in [2.24, 2.45) is 16.5 Å². The molecule has 1 amide bonds. The van der Waals surface area contributed by atoms with Crippen LogP contribution in [0.15, 0.2) is 83.1 Å². The number of carbonyl (C=O) groups excluding carboxylic acids is 1. The second-order valence-corrected chi connectivity index (χ2v) is 20.6. The molecule has 10 rings (SSSR count). The number of rotatable bonds is 11. The molecule has 5 aromatic rings. The number of aliphatic hydroxyl groups is 1. The molecule has 2 aliphatic carbocycles. The van der Waals surface area contributed by atoms with Crippen LogP contribution in [0, 0.1) is 27.6 Å². The van der Waals surface area contributed by atoms with Crippen LogP contribution in [-0.4, -0.2) is 69.8 Å². The first-order valence-corrected chi connectivity index (χ1v) is 24.2. The molecule has 13 nitrogen and oxygen atoms in total. The molecule has 3 aliphatic heterocycles. The zero-order chi connectivity index (χ0) is 44.9. The van der Waals surface area contributed by atoms with Gasteiger partial charge in [0.2, 0.25) is 0 Å². The minimum atomic E-state index is -0.641. The van der Waals surface area contributed by atoms with Gasteiger partial charge in [-0.2, -0.15) is 5.26 Å². The van der Waals surface area contributed by atoms with Gasteiger partial charge in [0, 0.05) is 53.4 Å². The smallest absolute Gasteiger partial charge is 0.265 e. The Hall–Kier alpha value is -5.62. The van der Waals surface area contributed by atoms with Gasteiger partial charge >= 0.3 is 0 Å². The number of anilines is 2. The number of aromatic amines is 1. The van der Waals surface area contributed by atoms with Gasteiger partial charge in [0.1, 0.15) is 46.9 Å². The lowest BCUT2D eigenvalue weighted by molar-refractivity contribution is -0.0227. The maximum absolute atomic E-state index is 14.1. The molecule has 2 atom stereocenters. The predicted octanol–water partition coefficient (Wildman–Crippen LogP) is 10.9.